The highest BCUT2D eigenvalue weighted by Gasteiger charge is 2.47. The Morgan fingerprint density at radius 2 is 1.93 bits per heavy atom. The van der Waals surface area contributed by atoms with Crippen molar-refractivity contribution in [3.63, 3.8) is 0 Å². The highest BCUT2D eigenvalue weighted by molar-refractivity contribution is 8.18. The van der Waals surface area contributed by atoms with E-state index in [0.29, 0.717) is 28.2 Å². The highest BCUT2D eigenvalue weighted by Crippen LogP contribution is 2.42. The number of H-pyrrole nitrogens is 1. The molecule has 0 bridgehead atoms. The van der Waals surface area contributed by atoms with Crippen molar-refractivity contribution in [2.24, 2.45) is 0 Å². The third kappa shape index (κ3) is 6.53. The zero-order valence-electron chi connectivity index (χ0n) is 23.4. The molecule has 1 aromatic heterocycles. The Labute approximate surface area is 254 Å². The SMILES string of the molecule is CC(C)(C)OC(=O)N1CCC(O)C(N2C(=O)S/C(=C(/Cc3ccc(Cl)cc3C(F)(F)F)c3ccc4[nH]ncc4c3)C2=O)C1. The number of carbonyl (C=O) groups is 3. The number of hydrogen-bond donors (Lipinski definition) is 2. The molecule has 0 radical (unpaired) electrons. The number of aliphatic hydroxyl groups excluding tert-OH is 1. The van der Waals surface area contributed by atoms with Crippen molar-refractivity contribution in [2.45, 2.75) is 57.5 Å². The van der Waals surface area contributed by atoms with E-state index in [9.17, 15) is 32.7 Å². The van der Waals surface area contributed by atoms with Gasteiger partial charge < -0.3 is 14.7 Å². The van der Waals surface area contributed by atoms with Crippen LogP contribution in [0.5, 0.6) is 0 Å². The van der Waals surface area contributed by atoms with E-state index in [-0.39, 0.29) is 47.0 Å². The first-order valence-corrected chi connectivity index (χ1v) is 14.6. The van der Waals surface area contributed by atoms with Crippen molar-refractivity contribution in [2.75, 3.05) is 13.1 Å². The number of alkyl halides is 3. The second-order valence-corrected chi connectivity index (χ2v) is 12.7. The first-order chi connectivity index (χ1) is 20.1. The van der Waals surface area contributed by atoms with Gasteiger partial charge in [0.2, 0.25) is 0 Å². The van der Waals surface area contributed by atoms with Crippen molar-refractivity contribution in [1.82, 2.24) is 20.0 Å². The molecule has 0 saturated carbocycles. The van der Waals surface area contributed by atoms with Crippen LogP contribution in [0.4, 0.5) is 22.8 Å². The lowest BCUT2D eigenvalue weighted by molar-refractivity contribution is -0.138. The molecular formula is C29H28ClF3N4O5S. The van der Waals surface area contributed by atoms with E-state index in [1.54, 1.807) is 39.0 Å². The molecule has 228 valence electrons. The number of aromatic nitrogens is 2. The van der Waals surface area contributed by atoms with Gasteiger partial charge in [0.05, 0.1) is 34.3 Å². The summed E-state index contributed by atoms with van der Waals surface area (Å²) in [7, 11) is 0. The molecular weight excluding hydrogens is 609 g/mol. The minimum absolute atomic E-state index is 0.0717. The van der Waals surface area contributed by atoms with Crippen LogP contribution >= 0.6 is 23.4 Å². The molecule has 2 N–H and O–H groups in total. The van der Waals surface area contributed by atoms with Crippen molar-refractivity contribution < 1.29 is 37.4 Å². The summed E-state index contributed by atoms with van der Waals surface area (Å²) in [5.41, 5.74) is -0.601. The summed E-state index contributed by atoms with van der Waals surface area (Å²) >= 11 is 6.48. The Bertz CT molecular complexity index is 1630. The van der Waals surface area contributed by atoms with E-state index in [4.69, 9.17) is 16.3 Å². The van der Waals surface area contributed by atoms with Crippen LogP contribution in [0, 0.1) is 0 Å². The fourth-order valence-corrected chi connectivity index (χ4v) is 6.28. The largest absolute Gasteiger partial charge is 0.444 e. The van der Waals surface area contributed by atoms with Gasteiger partial charge in [0.1, 0.15) is 5.60 Å². The van der Waals surface area contributed by atoms with E-state index < -0.39 is 46.7 Å². The number of thioether (sulfide) groups is 1. The third-order valence-corrected chi connectivity index (χ3v) is 8.37. The number of nitrogens with zero attached hydrogens (tertiary/aromatic N) is 3. The number of rotatable bonds is 4. The average molecular weight is 637 g/mol. The number of allylic oxidation sites excluding steroid dienone is 1. The highest BCUT2D eigenvalue weighted by atomic mass is 35.5. The number of piperidine rings is 1. The van der Waals surface area contributed by atoms with Gasteiger partial charge in [-0.15, -0.1) is 0 Å². The number of carbonyl (C=O) groups excluding carboxylic acids is 3. The second kappa shape index (κ2) is 11.5. The first kappa shape index (κ1) is 30.9. The van der Waals surface area contributed by atoms with Gasteiger partial charge in [-0.3, -0.25) is 19.6 Å². The summed E-state index contributed by atoms with van der Waals surface area (Å²) in [4.78, 5) is 42.2. The maximum atomic E-state index is 14.0. The fraction of sp³-hybridized carbons (Fsp3) is 0.379. The summed E-state index contributed by atoms with van der Waals surface area (Å²) in [5.74, 6) is -0.769. The first-order valence-electron chi connectivity index (χ1n) is 13.4. The predicted molar refractivity (Wildman–Crippen MR) is 155 cm³/mol. The smallest absolute Gasteiger partial charge is 0.416 e. The molecule has 5 rings (SSSR count). The van der Waals surface area contributed by atoms with Gasteiger partial charge in [0, 0.05) is 23.5 Å². The number of aliphatic hydroxyl groups is 1. The monoisotopic (exact) mass is 636 g/mol. The second-order valence-electron chi connectivity index (χ2n) is 11.3. The number of hydrogen-bond acceptors (Lipinski definition) is 7. The molecule has 2 aliphatic rings. The Balaban J connectivity index is 1.56. The molecule has 3 heterocycles. The lowest BCUT2D eigenvalue weighted by Crippen LogP contribution is -2.58. The van der Waals surface area contributed by atoms with E-state index in [1.807, 2.05) is 0 Å². The van der Waals surface area contributed by atoms with Crippen LogP contribution < -0.4 is 0 Å². The summed E-state index contributed by atoms with van der Waals surface area (Å²) < 4.78 is 47.5. The van der Waals surface area contributed by atoms with Gasteiger partial charge in [0.25, 0.3) is 11.1 Å². The van der Waals surface area contributed by atoms with Crippen LogP contribution in [0.2, 0.25) is 5.02 Å². The Morgan fingerprint density at radius 3 is 2.63 bits per heavy atom. The minimum Gasteiger partial charge on any atom is -0.444 e. The molecule has 3 aromatic rings. The normalized spacial score (nSPS) is 21.1. The molecule has 2 fully saturated rings. The van der Waals surface area contributed by atoms with Gasteiger partial charge in [-0.25, -0.2) is 4.79 Å². The van der Waals surface area contributed by atoms with E-state index >= 15 is 0 Å². The topological polar surface area (TPSA) is 116 Å². The molecule has 2 aromatic carbocycles. The number of imide groups is 1. The molecule has 3 amide bonds. The van der Waals surface area contributed by atoms with Gasteiger partial charge in [-0.2, -0.15) is 18.3 Å². The van der Waals surface area contributed by atoms with E-state index in [2.05, 4.69) is 10.2 Å². The molecule has 2 atom stereocenters. The van der Waals surface area contributed by atoms with Crippen LogP contribution in [0.1, 0.15) is 43.9 Å². The number of nitrogens with one attached hydrogen (secondary N) is 1. The van der Waals surface area contributed by atoms with Crippen LogP contribution in [0.25, 0.3) is 16.5 Å². The number of likely N-dealkylation sites (tertiary alicyclic amines) is 1. The van der Waals surface area contributed by atoms with Gasteiger partial charge >= 0.3 is 12.3 Å². The fourth-order valence-electron chi connectivity index (χ4n) is 5.12. The van der Waals surface area contributed by atoms with Gasteiger partial charge in [0.15, 0.2) is 0 Å². The van der Waals surface area contributed by atoms with E-state index in [1.165, 1.54) is 23.2 Å². The van der Waals surface area contributed by atoms with Gasteiger partial charge in [-0.05, 0) is 86.3 Å². The summed E-state index contributed by atoms with van der Waals surface area (Å²) in [6, 6.07) is 7.30. The van der Waals surface area contributed by atoms with Crippen molar-refractivity contribution >= 4 is 57.1 Å². The molecule has 9 nitrogen and oxygen atoms in total. The molecule has 2 unspecified atom stereocenters. The van der Waals surface area contributed by atoms with Crippen molar-refractivity contribution in [1.29, 1.82) is 0 Å². The van der Waals surface area contributed by atoms with Gasteiger partial charge in [-0.1, -0.05) is 23.7 Å². The Hall–Kier alpha value is -3.55. The standard InChI is InChI=1S/C29H28ClF3N4O5S/c1-28(2,3)42-26(40)36-9-8-23(38)22(14-36)37-25(39)24(43-27(37)41)19(15-5-7-21-17(10-15)13-34-35-21)11-16-4-6-18(30)12-20(16)29(31,32)33/h4-7,10,12-13,22-23,38H,8-9,11,14H2,1-3H3,(H,34,35)/b24-19-. The Kier molecular flexibility index (Phi) is 8.27. The van der Waals surface area contributed by atoms with Crippen molar-refractivity contribution in [3.05, 3.63) is 69.2 Å². The predicted octanol–water partition coefficient (Wildman–Crippen LogP) is 6.25. The molecule has 0 aliphatic carbocycles. The summed E-state index contributed by atoms with van der Waals surface area (Å²) in [5, 5.41) is 17.5. The van der Waals surface area contributed by atoms with Crippen LogP contribution in [-0.2, 0) is 22.1 Å². The average Bonchev–Trinajstić information content (AvgIpc) is 3.50. The zero-order valence-corrected chi connectivity index (χ0v) is 24.9. The third-order valence-electron chi connectivity index (χ3n) is 7.14. The number of halogens is 4. The van der Waals surface area contributed by atoms with Crippen LogP contribution in [0.15, 0.2) is 47.5 Å². The number of amides is 3. The minimum atomic E-state index is -4.73. The number of ether oxygens (including phenoxy) is 1. The summed E-state index contributed by atoms with van der Waals surface area (Å²) in [6.45, 7) is 5.11. The molecule has 2 saturated heterocycles. The molecule has 43 heavy (non-hydrogen) atoms. The summed E-state index contributed by atoms with van der Waals surface area (Å²) in [6.07, 6.45) is -5.21. The Morgan fingerprint density at radius 1 is 1.19 bits per heavy atom. The van der Waals surface area contributed by atoms with Crippen molar-refractivity contribution in [3.8, 4) is 0 Å². The quantitative estimate of drug-likeness (QED) is 0.325. The lowest BCUT2D eigenvalue weighted by atomic mass is 9.93. The maximum Gasteiger partial charge on any atom is 0.416 e. The maximum absolute atomic E-state index is 14.0. The number of fused-ring (bicyclic) bond motifs is 1. The lowest BCUT2D eigenvalue weighted by Gasteiger charge is -2.39. The van der Waals surface area contributed by atoms with Crippen LogP contribution in [-0.4, -0.2) is 73.2 Å². The molecule has 0 spiro atoms. The van der Waals surface area contributed by atoms with Crippen LogP contribution in [0.3, 0.4) is 0 Å². The van der Waals surface area contributed by atoms with E-state index in [0.717, 1.165) is 11.0 Å². The molecule has 2 aliphatic heterocycles. The number of benzene rings is 2. The molecule has 14 heteroatoms. The zero-order chi connectivity index (χ0) is 31.3. The number of aromatic amines is 1.